The van der Waals surface area contributed by atoms with Crippen LogP contribution in [-0.2, 0) is 4.79 Å². The molecule has 5 nitrogen and oxygen atoms in total. The molecule has 98 valence electrons. The molecular formula is C12H22N2O3. The number of hydrogen-bond donors (Lipinski definition) is 2. The van der Waals surface area contributed by atoms with Crippen molar-refractivity contribution in [2.24, 2.45) is 0 Å². The van der Waals surface area contributed by atoms with Gasteiger partial charge in [0.05, 0.1) is 0 Å². The largest absolute Gasteiger partial charge is 0.480 e. The molecule has 0 aromatic heterocycles. The van der Waals surface area contributed by atoms with Crippen LogP contribution in [0.3, 0.4) is 0 Å². The maximum atomic E-state index is 11.6. The molecule has 2 amide bonds. The van der Waals surface area contributed by atoms with Gasteiger partial charge in [-0.15, -0.1) is 6.58 Å². The van der Waals surface area contributed by atoms with Gasteiger partial charge in [-0.2, -0.15) is 0 Å². The Morgan fingerprint density at radius 2 is 2.12 bits per heavy atom. The molecule has 0 saturated heterocycles. The molecule has 5 heteroatoms. The van der Waals surface area contributed by atoms with Crippen LogP contribution >= 0.6 is 0 Å². The van der Waals surface area contributed by atoms with Gasteiger partial charge in [0.1, 0.15) is 6.04 Å². The van der Waals surface area contributed by atoms with Gasteiger partial charge in [0.25, 0.3) is 0 Å². The highest BCUT2D eigenvalue weighted by atomic mass is 16.4. The van der Waals surface area contributed by atoms with Crippen LogP contribution in [0.15, 0.2) is 12.7 Å². The summed E-state index contributed by atoms with van der Waals surface area (Å²) in [4.78, 5) is 24.0. The van der Waals surface area contributed by atoms with E-state index in [0.29, 0.717) is 6.54 Å². The van der Waals surface area contributed by atoms with Crippen molar-refractivity contribution in [2.75, 3.05) is 13.6 Å². The summed E-state index contributed by atoms with van der Waals surface area (Å²) in [6.45, 7) is 6.19. The van der Waals surface area contributed by atoms with Crippen LogP contribution in [0.2, 0.25) is 0 Å². The van der Waals surface area contributed by atoms with E-state index in [0.717, 1.165) is 19.3 Å². The van der Waals surface area contributed by atoms with Gasteiger partial charge in [-0.3, -0.25) is 0 Å². The minimum Gasteiger partial charge on any atom is -0.480 e. The lowest BCUT2D eigenvalue weighted by Gasteiger charge is -2.20. The fourth-order valence-corrected chi connectivity index (χ4v) is 1.35. The second-order valence-electron chi connectivity index (χ2n) is 3.99. The zero-order valence-electron chi connectivity index (χ0n) is 10.6. The average Bonchev–Trinajstić information content (AvgIpc) is 2.28. The summed E-state index contributed by atoms with van der Waals surface area (Å²) in [5.74, 6) is -1.04. The van der Waals surface area contributed by atoms with Crippen molar-refractivity contribution in [1.82, 2.24) is 10.2 Å². The number of carboxylic acids is 1. The minimum absolute atomic E-state index is 0.226. The normalized spacial score (nSPS) is 11.6. The number of aliphatic carboxylic acids is 1. The number of rotatable bonds is 8. The average molecular weight is 242 g/mol. The van der Waals surface area contributed by atoms with Gasteiger partial charge in [-0.25, -0.2) is 9.59 Å². The molecule has 1 atom stereocenters. The van der Waals surface area contributed by atoms with E-state index in [1.807, 2.05) is 0 Å². The van der Waals surface area contributed by atoms with Crippen molar-refractivity contribution in [3.05, 3.63) is 12.7 Å². The first kappa shape index (κ1) is 15.5. The molecule has 2 N–H and O–H groups in total. The first-order valence-corrected chi connectivity index (χ1v) is 5.88. The summed E-state index contributed by atoms with van der Waals surface area (Å²) in [5.41, 5.74) is 0. The van der Waals surface area contributed by atoms with Crippen LogP contribution in [0.1, 0.15) is 32.6 Å². The summed E-state index contributed by atoms with van der Waals surface area (Å²) < 4.78 is 0. The Balaban J connectivity index is 4.11. The molecule has 0 aromatic rings. The zero-order valence-corrected chi connectivity index (χ0v) is 10.6. The number of nitrogens with one attached hydrogen (secondary N) is 1. The Morgan fingerprint density at radius 1 is 1.47 bits per heavy atom. The SMILES string of the molecule is C=CCC(NC(=O)N(C)CCCCC)C(=O)O. The number of carbonyl (C=O) groups is 2. The van der Waals surface area contributed by atoms with Gasteiger partial charge in [-0.1, -0.05) is 25.8 Å². The molecule has 1 unspecified atom stereocenters. The number of hydrogen-bond acceptors (Lipinski definition) is 2. The Morgan fingerprint density at radius 3 is 2.59 bits per heavy atom. The summed E-state index contributed by atoms with van der Waals surface area (Å²) in [5, 5.41) is 11.3. The molecule has 0 aliphatic carbocycles. The fraction of sp³-hybridized carbons (Fsp3) is 0.667. The lowest BCUT2D eigenvalue weighted by Crippen LogP contribution is -2.46. The fourth-order valence-electron chi connectivity index (χ4n) is 1.35. The molecule has 17 heavy (non-hydrogen) atoms. The minimum atomic E-state index is -1.04. The molecule has 0 fully saturated rings. The summed E-state index contributed by atoms with van der Waals surface area (Å²) in [6, 6.07) is -1.25. The van der Waals surface area contributed by atoms with E-state index in [2.05, 4.69) is 18.8 Å². The highest BCUT2D eigenvalue weighted by molar-refractivity contribution is 5.82. The van der Waals surface area contributed by atoms with Crippen molar-refractivity contribution < 1.29 is 14.7 Å². The monoisotopic (exact) mass is 242 g/mol. The molecular weight excluding hydrogens is 220 g/mol. The third kappa shape index (κ3) is 6.60. The molecule has 0 aliphatic rings. The summed E-state index contributed by atoms with van der Waals surface area (Å²) in [7, 11) is 1.66. The number of unbranched alkanes of at least 4 members (excludes halogenated alkanes) is 2. The van der Waals surface area contributed by atoms with Crippen LogP contribution in [0, 0.1) is 0 Å². The zero-order chi connectivity index (χ0) is 13.3. The van der Waals surface area contributed by atoms with Crippen molar-refractivity contribution in [1.29, 1.82) is 0 Å². The van der Waals surface area contributed by atoms with Crippen LogP contribution in [0.5, 0.6) is 0 Å². The van der Waals surface area contributed by atoms with E-state index >= 15 is 0 Å². The van der Waals surface area contributed by atoms with E-state index < -0.39 is 12.0 Å². The Bertz CT molecular complexity index is 266. The predicted molar refractivity (Wildman–Crippen MR) is 66.9 cm³/mol. The van der Waals surface area contributed by atoms with Crippen LogP contribution in [0.4, 0.5) is 4.79 Å². The highest BCUT2D eigenvalue weighted by Gasteiger charge is 2.19. The predicted octanol–water partition coefficient (Wildman–Crippen LogP) is 1.85. The first-order chi connectivity index (χ1) is 8.02. The van der Waals surface area contributed by atoms with E-state index in [1.54, 1.807) is 7.05 Å². The lowest BCUT2D eigenvalue weighted by molar-refractivity contribution is -0.139. The maximum Gasteiger partial charge on any atom is 0.326 e. The number of nitrogens with zero attached hydrogens (tertiary/aromatic N) is 1. The molecule has 0 bridgehead atoms. The van der Waals surface area contributed by atoms with Gasteiger partial charge < -0.3 is 15.3 Å². The first-order valence-electron chi connectivity index (χ1n) is 5.88. The van der Waals surface area contributed by atoms with Crippen LogP contribution < -0.4 is 5.32 Å². The quantitative estimate of drug-likeness (QED) is 0.504. The van der Waals surface area contributed by atoms with Gasteiger partial charge in [0.15, 0.2) is 0 Å². The second kappa shape index (κ2) is 8.61. The molecule has 0 rings (SSSR count). The highest BCUT2D eigenvalue weighted by Crippen LogP contribution is 1.99. The van der Waals surface area contributed by atoms with E-state index in [1.165, 1.54) is 11.0 Å². The van der Waals surface area contributed by atoms with Gasteiger partial charge in [0, 0.05) is 13.6 Å². The molecule has 0 heterocycles. The molecule has 0 saturated carbocycles. The second-order valence-corrected chi connectivity index (χ2v) is 3.99. The van der Waals surface area contributed by atoms with E-state index in [9.17, 15) is 9.59 Å². The molecule has 0 aromatic carbocycles. The van der Waals surface area contributed by atoms with E-state index in [-0.39, 0.29) is 12.5 Å². The molecule has 0 spiro atoms. The van der Waals surface area contributed by atoms with Crippen molar-refractivity contribution >= 4 is 12.0 Å². The van der Waals surface area contributed by atoms with Crippen molar-refractivity contribution in [3.8, 4) is 0 Å². The van der Waals surface area contributed by atoms with Crippen molar-refractivity contribution in [3.63, 3.8) is 0 Å². The van der Waals surface area contributed by atoms with Crippen molar-refractivity contribution in [2.45, 2.75) is 38.6 Å². The Labute approximate surface area is 102 Å². The number of carbonyl (C=O) groups excluding carboxylic acids is 1. The summed E-state index contributed by atoms with van der Waals surface area (Å²) in [6.07, 6.45) is 4.79. The van der Waals surface area contributed by atoms with Crippen LogP contribution in [0.25, 0.3) is 0 Å². The Hall–Kier alpha value is -1.52. The third-order valence-electron chi connectivity index (χ3n) is 2.44. The van der Waals surface area contributed by atoms with Gasteiger partial charge in [-0.05, 0) is 12.8 Å². The smallest absolute Gasteiger partial charge is 0.326 e. The number of amides is 2. The van der Waals surface area contributed by atoms with Gasteiger partial charge in [0.2, 0.25) is 0 Å². The standard InChI is InChI=1S/C12H22N2O3/c1-4-6-7-9-14(3)12(17)13-10(8-5-2)11(15)16/h5,10H,2,4,6-9H2,1,3H3,(H,13,17)(H,15,16). The number of urea groups is 1. The molecule has 0 radical (unpaired) electrons. The number of carboxylic acid groups (broad SMARTS) is 1. The van der Waals surface area contributed by atoms with Crippen LogP contribution in [-0.4, -0.2) is 41.6 Å². The maximum absolute atomic E-state index is 11.6. The van der Waals surface area contributed by atoms with Gasteiger partial charge >= 0.3 is 12.0 Å². The van der Waals surface area contributed by atoms with E-state index in [4.69, 9.17) is 5.11 Å². The topological polar surface area (TPSA) is 69.6 Å². The lowest BCUT2D eigenvalue weighted by atomic mass is 10.2. The summed E-state index contributed by atoms with van der Waals surface area (Å²) >= 11 is 0. The Kier molecular flexibility index (Phi) is 7.84. The molecule has 0 aliphatic heterocycles. The third-order valence-corrected chi connectivity index (χ3v) is 2.44.